The van der Waals surface area contributed by atoms with Crippen LogP contribution in [0.3, 0.4) is 0 Å². The van der Waals surface area contributed by atoms with Gasteiger partial charge in [-0.05, 0) is 51.9 Å². The summed E-state index contributed by atoms with van der Waals surface area (Å²) >= 11 is 0. The van der Waals surface area contributed by atoms with Gasteiger partial charge in [0.2, 0.25) is 0 Å². The van der Waals surface area contributed by atoms with Crippen LogP contribution in [0.25, 0.3) is 0 Å². The predicted octanol–water partition coefficient (Wildman–Crippen LogP) is 2.69. The largest absolute Gasteiger partial charge is 0.378 e. The average molecular weight is 281 g/mol. The van der Waals surface area contributed by atoms with Gasteiger partial charge in [-0.3, -0.25) is 4.99 Å². The lowest BCUT2D eigenvalue weighted by atomic mass is 9.98. The number of hydrogen-bond donors (Lipinski definition) is 2. The summed E-state index contributed by atoms with van der Waals surface area (Å²) in [6, 6.07) is 0.658. The third-order valence-electron chi connectivity index (χ3n) is 4.25. The topological polar surface area (TPSA) is 45.7 Å². The van der Waals surface area contributed by atoms with Crippen molar-refractivity contribution < 1.29 is 4.74 Å². The zero-order valence-corrected chi connectivity index (χ0v) is 13.2. The van der Waals surface area contributed by atoms with Gasteiger partial charge in [-0.2, -0.15) is 0 Å². The maximum Gasteiger partial charge on any atom is 0.191 e. The molecular weight excluding hydrogens is 250 g/mol. The Morgan fingerprint density at radius 2 is 1.95 bits per heavy atom. The Morgan fingerprint density at radius 3 is 2.55 bits per heavy atom. The van der Waals surface area contributed by atoms with E-state index < -0.39 is 0 Å². The van der Waals surface area contributed by atoms with Gasteiger partial charge in [0.05, 0.1) is 6.10 Å². The van der Waals surface area contributed by atoms with Crippen LogP contribution in [-0.2, 0) is 4.74 Å². The van der Waals surface area contributed by atoms with E-state index in [-0.39, 0.29) is 0 Å². The lowest BCUT2D eigenvalue weighted by molar-refractivity contribution is 0.0177. The molecule has 1 unspecified atom stereocenters. The van der Waals surface area contributed by atoms with E-state index in [9.17, 15) is 0 Å². The zero-order chi connectivity index (χ0) is 14.2. The molecule has 0 saturated heterocycles. The first-order valence-corrected chi connectivity index (χ1v) is 8.50. The highest BCUT2D eigenvalue weighted by Crippen LogP contribution is 2.30. The van der Waals surface area contributed by atoms with Crippen molar-refractivity contribution >= 4 is 5.96 Å². The summed E-state index contributed by atoms with van der Waals surface area (Å²) in [4.78, 5) is 4.70. The van der Waals surface area contributed by atoms with Gasteiger partial charge in [0.25, 0.3) is 0 Å². The Kier molecular flexibility index (Phi) is 6.64. The first-order chi connectivity index (χ1) is 9.83. The van der Waals surface area contributed by atoms with Crippen LogP contribution in [0.15, 0.2) is 4.99 Å². The first kappa shape index (κ1) is 15.6. The van der Waals surface area contributed by atoms with Crippen molar-refractivity contribution in [3.8, 4) is 0 Å². The number of nitrogens with one attached hydrogen (secondary N) is 2. The van der Waals surface area contributed by atoms with E-state index in [1.807, 2.05) is 0 Å². The van der Waals surface area contributed by atoms with Crippen LogP contribution in [0, 0.1) is 5.92 Å². The summed E-state index contributed by atoms with van der Waals surface area (Å²) in [5.74, 6) is 1.75. The summed E-state index contributed by atoms with van der Waals surface area (Å²) in [6.45, 7) is 6.83. The van der Waals surface area contributed by atoms with Crippen molar-refractivity contribution in [3.05, 3.63) is 0 Å². The van der Waals surface area contributed by atoms with Gasteiger partial charge in [0, 0.05) is 25.7 Å². The van der Waals surface area contributed by atoms with Gasteiger partial charge in [-0.15, -0.1) is 0 Å². The second-order valence-corrected chi connectivity index (χ2v) is 6.01. The smallest absolute Gasteiger partial charge is 0.191 e. The summed E-state index contributed by atoms with van der Waals surface area (Å²) < 4.78 is 5.95. The third-order valence-corrected chi connectivity index (χ3v) is 4.25. The number of guanidine groups is 1. The van der Waals surface area contributed by atoms with E-state index in [1.165, 1.54) is 38.5 Å². The molecule has 2 saturated carbocycles. The number of rotatable bonds is 8. The Morgan fingerprint density at radius 1 is 1.20 bits per heavy atom. The van der Waals surface area contributed by atoms with Crippen molar-refractivity contribution in [1.29, 1.82) is 0 Å². The predicted molar refractivity (Wildman–Crippen MR) is 84.1 cm³/mol. The van der Waals surface area contributed by atoms with Gasteiger partial charge in [-0.1, -0.05) is 12.8 Å². The van der Waals surface area contributed by atoms with E-state index in [0.29, 0.717) is 12.1 Å². The molecule has 0 aromatic carbocycles. The quantitative estimate of drug-likeness (QED) is 0.531. The molecule has 2 aliphatic rings. The van der Waals surface area contributed by atoms with E-state index in [0.717, 1.165) is 38.0 Å². The molecular formula is C16H31N3O. The Hall–Kier alpha value is -0.770. The molecule has 0 radical (unpaired) electrons. The summed E-state index contributed by atoms with van der Waals surface area (Å²) in [5.41, 5.74) is 0. The van der Waals surface area contributed by atoms with Gasteiger partial charge < -0.3 is 15.4 Å². The molecule has 0 aromatic heterocycles. The van der Waals surface area contributed by atoms with Crippen LogP contribution in [0.2, 0.25) is 0 Å². The zero-order valence-electron chi connectivity index (χ0n) is 13.2. The third kappa shape index (κ3) is 5.31. The maximum absolute atomic E-state index is 5.95. The van der Waals surface area contributed by atoms with Gasteiger partial charge >= 0.3 is 0 Å². The SMILES string of the molecule is CCNC(=NCCC(OCC)C1CCCC1)NC1CC1. The molecule has 0 amide bonds. The second-order valence-electron chi connectivity index (χ2n) is 6.01. The van der Waals surface area contributed by atoms with Gasteiger partial charge in [0.15, 0.2) is 5.96 Å². The molecule has 0 bridgehead atoms. The highest BCUT2D eigenvalue weighted by Gasteiger charge is 2.25. The number of ether oxygens (including phenoxy) is 1. The Balaban J connectivity index is 1.76. The molecule has 0 heterocycles. The van der Waals surface area contributed by atoms with E-state index in [1.54, 1.807) is 0 Å². The van der Waals surface area contributed by atoms with Crippen molar-refractivity contribution in [1.82, 2.24) is 10.6 Å². The molecule has 4 heteroatoms. The Labute approximate surface area is 123 Å². The minimum atomic E-state index is 0.412. The monoisotopic (exact) mass is 281 g/mol. The van der Waals surface area contributed by atoms with Crippen LogP contribution in [0.5, 0.6) is 0 Å². The molecule has 20 heavy (non-hydrogen) atoms. The first-order valence-electron chi connectivity index (χ1n) is 8.50. The highest BCUT2D eigenvalue weighted by atomic mass is 16.5. The maximum atomic E-state index is 5.95. The minimum absolute atomic E-state index is 0.412. The average Bonchev–Trinajstić information content (AvgIpc) is 3.08. The fraction of sp³-hybridized carbons (Fsp3) is 0.938. The second kappa shape index (κ2) is 8.50. The van der Waals surface area contributed by atoms with Crippen LogP contribution in [-0.4, -0.2) is 37.8 Å². The van der Waals surface area contributed by atoms with Gasteiger partial charge in [0.1, 0.15) is 0 Å². The fourth-order valence-corrected chi connectivity index (χ4v) is 3.04. The number of aliphatic imine (C=N–C) groups is 1. The lowest BCUT2D eigenvalue weighted by Gasteiger charge is -2.22. The lowest BCUT2D eigenvalue weighted by Crippen LogP contribution is -2.38. The summed E-state index contributed by atoms with van der Waals surface area (Å²) in [6.07, 6.45) is 9.48. The molecule has 2 N–H and O–H groups in total. The summed E-state index contributed by atoms with van der Waals surface area (Å²) in [5, 5.41) is 6.79. The molecule has 0 spiro atoms. The van der Waals surface area contributed by atoms with Crippen molar-refractivity contribution in [2.24, 2.45) is 10.9 Å². The van der Waals surface area contributed by atoms with Crippen LogP contribution < -0.4 is 10.6 Å². The minimum Gasteiger partial charge on any atom is -0.378 e. The normalized spacial score (nSPS) is 22.0. The molecule has 2 fully saturated rings. The fourth-order valence-electron chi connectivity index (χ4n) is 3.04. The Bertz CT molecular complexity index is 296. The molecule has 0 aromatic rings. The van der Waals surface area contributed by atoms with Gasteiger partial charge in [-0.25, -0.2) is 0 Å². The molecule has 4 nitrogen and oxygen atoms in total. The van der Waals surface area contributed by atoms with Crippen LogP contribution >= 0.6 is 0 Å². The standard InChI is InChI=1S/C16H31N3O/c1-3-17-16(19-14-9-10-14)18-12-11-15(20-4-2)13-7-5-6-8-13/h13-15H,3-12H2,1-2H3,(H2,17,18,19). The molecule has 2 aliphatic carbocycles. The van der Waals surface area contributed by atoms with Crippen molar-refractivity contribution in [3.63, 3.8) is 0 Å². The molecule has 1 atom stereocenters. The van der Waals surface area contributed by atoms with Crippen LogP contribution in [0.1, 0.15) is 58.8 Å². The molecule has 2 rings (SSSR count). The molecule has 0 aliphatic heterocycles. The van der Waals surface area contributed by atoms with Crippen molar-refractivity contribution in [2.75, 3.05) is 19.7 Å². The number of nitrogens with zero attached hydrogens (tertiary/aromatic N) is 1. The van der Waals surface area contributed by atoms with Crippen molar-refractivity contribution in [2.45, 2.75) is 70.9 Å². The van der Waals surface area contributed by atoms with E-state index in [2.05, 4.69) is 24.5 Å². The van der Waals surface area contributed by atoms with E-state index in [4.69, 9.17) is 9.73 Å². The van der Waals surface area contributed by atoms with E-state index >= 15 is 0 Å². The summed E-state index contributed by atoms with van der Waals surface area (Å²) in [7, 11) is 0. The number of hydrogen-bond acceptors (Lipinski definition) is 2. The highest BCUT2D eigenvalue weighted by molar-refractivity contribution is 5.80. The molecule has 116 valence electrons. The van der Waals surface area contributed by atoms with Crippen LogP contribution in [0.4, 0.5) is 0 Å².